The summed E-state index contributed by atoms with van der Waals surface area (Å²) in [6.45, 7) is 6.93. The van der Waals surface area contributed by atoms with Crippen molar-refractivity contribution in [2.24, 2.45) is 11.8 Å². The third-order valence-electron chi connectivity index (χ3n) is 2.60. The summed E-state index contributed by atoms with van der Waals surface area (Å²) in [6, 6.07) is 0. The average Bonchev–Trinajstić information content (AvgIpc) is 2.63. The molecule has 1 aromatic heterocycles. The number of aliphatic carboxylic acids is 1. The number of carboxylic acids is 1. The normalized spacial score (nSPS) is 13.0. The van der Waals surface area contributed by atoms with E-state index in [1.54, 1.807) is 6.20 Å². The zero-order valence-electron chi connectivity index (χ0n) is 10.2. The van der Waals surface area contributed by atoms with E-state index in [4.69, 9.17) is 5.11 Å². The van der Waals surface area contributed by atoms with E-state index in [1.807, 2.05) is 31.6 Å². The molecule has 1 heterocycles. The molecule has 0 amide bonds. The molecule has 1 rings (SSSR count). The third kappa shape index (κ3) is 3.68. The standard InChI is InChI=1S/C12H20N2O2/c1-4-14-8-10(7-13-14)6-11(12(15)16)5-9(2)3/h7-9,11H,4-6H2,1-3H3,(H,15,16). The maximum atomic E-state index is 11.1. The van der Waals surface area contributed by atoms with Gasteiger partial charge < -0.3 is 5.11 Å². The van der Waals surface area contributed by atoms with Crippen LogP contribution in [0.5, 0.6) is 0 Å². The molecule has 0 aliphatic carbocycles. The van der Waals surface area contributed by atoms with Crippen LogP contribution in [0.2, 0.25) is 0 Å². The van der Waals surface area contributed by atoms with Gasteiger partial charge in [-0.25, -0.2) is 0 Å². The molecule has 0 saturated carbocycles. The molecule has 1 N–H and O–H groups in total. The molecular formula is C12H20N2O2. The molecule has 90 valence electrons. The van der Waals surface area contributed by atoms with Gasteiger partial charge in [-0.3, -0.25) is 9.48 Å². The molecule has 0 aromatic carbocycles. The predicted octanol–water partition coefficient (Wildman–Crippen LogP) is 2.19. The van der Waals surface area contributed by atoms with Crippen molar-refractivity contribution < 1.29 is 9.90 Å². The van der Waals surface area contributed by atoms with Crippen LogP contribution in [0.15, 0.2) is 12.4 Å². The Bertz CT molecular complexity index is 345. The zero-order valence-corrected chi connectivity index (χ0v) is 10.2. The lowest BCUT2D eigenvalue weighted by atomic mass is 9.92. The van der Waals surface area contributed by atoms with Crippen molar-refractivity contribution in [2.45, 2.75) is 40.2 Å². The van der Waals surface area contributed by atoms with E-state index >= 15 is 0 Å². The Balaban J connectivity index is 2.64. The van der Waals surface area contributed by atoms with Crippen molar-refractivity contribution in [2.75, 3.05) is 0 Å². The molecule has 0 saturated heterocycles. The first-order chi connectivity index (χ1) is 7.52. The Labute approximate surface area is 96.3 Å². The van der Waals surface area contributed by atoms with E-state index < -0.39 is 5.97 Å². The van der Waals surface area contributed by atoms with Crippen molar-refractivity contribution in [3.05, 3.63) is 18.0 Å². The van der Waals surface area contributed by atoms with Gasteiger partial charge in [0.25, 0.3) is 0 Å². The van der Waals surface area contributed by atoms with Crippen LogP contribution in [0.25, 0.3) is 0 Å². The third-order valence-corrected chi connectivity index (χ3v) is 2.60. The summed E-state index contributed by atoms with van der Waals surface area (Å²) in [7, 11) is 0. The largest absolute Gasteiger partial charge is 0.481 e. The van der Waals surface area contributed by atoms with Gasteiger partial charge in [0, 0.05) is 12.7 Å². The molecule has 4 heteroatoms. The van der Waals surface area contributed by atoms with Gasteiger partial charge in [-0.05, 0) is 31.2 Å². The first-order valence-corrected chi connectivity index (χ1v) is 5.77. The SMILES string of the molecule is CCn1cc(CC(CC(C)C)C(=O)O)cn1. The first kappa shape index (κ1) is 12.7. The monoisotopic (exact) mass is 224 g/mol. The lowest BCUT2D eigenvalue weighted by Gasteiger charge is -2.13. The van der Waals surface area contributed by atoms with Crippen LogP contribution in [0.4, 0.5) is 0 Å². The van der Waals surface area contributed by atoms with Gasteiger partial charge in [0.1, 0.15) is 0 Å². The quantitative estimate of drug-likeness (QED) is 0.805. The fraction of sp³-hybridized carbons (Fsp3) is 0.667. The molecule has 0 aliphatic heterocycles. The highest BCUT2D eigenvalue weighted by Gasteiger charge is 2.19. The number of rotatable bonds is 6. The Kier molecular flexibility index (Phi) is 4.52. The van der Waals surface area contributed by atoms with Crippen molar-refractivity contribution in [3.8, 4) is 0 Å². The molecule has 1 aromatic rings. The van der Waals surface area contributed by atoms with Gasteiger partial charge in [-0.15, -0.1) is 0 Å². The molecular weight excluding hydrogens is 204 g/mol. The average molecular weight is 224 g/mol. The van der Waals surface area contributed by atoms with Crippen molar-refractivity contribution in [3.63, 3.8) is 0 Å². The topological polar surface area (TPSA) is 55.1 Å². The van der Waals surface area contributed by atoms with E-state index in [1.165, 1.54) is 0 Å². The van der Waals surface area contributed by atoms with E-state index in [0.717, 1.165) is 12.1 Å². The highest BCUT2D eigenvalue weighted by atomic mass is 16.4. The van der Waals surface area contributed by atoms with Gasteiger partial charge in [0.05, 0.1) is 12.1 Å². The van der Waals surface area contributed by atoms with Crippen LogP contribution in [0.3, 0.4) is 0 Å². The molecule has 0 fully saturated rings. The smallest absolute Gasteiger partial charge is 0.306 e. The van der Waals surface area contributed by atoms with Gasteiger partial charge in [0.2, 0.25) is 0 Å². The highest BCUT2D eigenvalue weighted by Crippen LogP contribution is 2.17. The van der Waals surface area contributed by atoms with Crippen LogP contribution < -0.4 is 0 Å². The molecule has 16 heavy (non-hydrogen) atoms. The molecule has 0 aliphatic rings. The summed E-state index contributed by atoms with van der Waals surface area (Å²) in [5, 5.41) is 13.3. The second kappa shape index (κ2) is 5.68. The zero-order chi connectivity index (χ0) is 12.1. The van der Waals surface area contributed by atoms with Gasteiger partial charge in [-0.1, -0.05) is 13.8 Å². The maximum absolute atomic E-state index is 11.1. The summed E-state index contributed by atoms with van der Waals surface area (Å²) in [5.41, 5.74) is 1.01. The summed E-state index contributed by atoms with van der Waals surface area (Å²) in [4.78, 5) is 11.1. The number of hydrogen-bond donors (Lipinski definition) is 1. The molecule has 1 atom stereocenters. The van der Waals surface area contributed by atoms with Crippen molar-refractivity contribution in [1.82, 2.24) is 9.78 Å². The van der Waals surface area contributed by atoms with E-state index in [2.05, 4.69) is 5.10 Å². The Hall–Kier alpha value is -1.32. The van der Waals surface area contributed by atoms with Crippen molar-refractivity contribution in [1.29, 1.82) is 0 Å². The van der Waals surface area contributed by atoms with E-state index in [9.17, 15) is 4.79 Å². The molecule has 0 radical (unpaired) electrons. The lowest BCUT2D eigenvalue weighted by molar-refractivity contribution is -0.142. The summed E-state index contributed by atoms with van der Waals surface area (Å²) in [6.07, 6.45) is 4.98. The van der Waals surface area contributed by atoms with E-state index in [-0.39, 0.29) is 5.92 Å². The van der Waals surface area contributed by atoms with Crippen molar-refractivity contribution >= 4 is 5.97 Å². The Morgan fingerprint density at radius 2 is 2.25 bits per heavy atom. The summed E-state index contributed by atoms with van der Waals surface area (Å²) >= 11 is 0. The van der Waals surface area contributed by atoms with Crippen LogP contribution in [0.1, 0.15) is 32.8 Å². The van der Waals surface area contributed by atoms with Crippen LogP contribution >= 0.6 is 0 Å². The van der Waals surface area contributed by atoms with Gasteiger partial charge in [0.15, 0.2) is 0 Å². The molecule has 0 spiro atoms. The van der Waals surface area contributed by atoms with Crippen LogP contribution in [0, 0.1) is 11.8 Å². The summed E-state index contributed by atoms with van der Waals surface area (Å²) < 4.78 is 1.82. The minimum Gasteiger partial charge on any atom is -0.481 e. The maximum Gasteiger partial charge on any atom is 0.306 e. The molecule has 1 unspecified atom stereocenters. The fourth-order valence-corrected chi connectivity index (χ4v) is 1.81. The van der Waals surface area contributed by atoms with Crippen LogP contribution in [-0.4, -0.2) is 20.9 Å². The number of carbonyl (C=O) groups is 1. The minimum atomic E-state index is -0.710. The number of hydrogen-bond acceptors (Lipinski definition) is 2. The fourth-order valence-electron chi connectivity index (χ4n) is 1.81. The number of carboxylic acid groups (broad SMARTS) is 1. The highest BCUT2D eigenvalue weighted by molar-refractivity contribution is 5.70. The minimum absolute atomic E-state index is 0.297. The predicted molar refractivity (Wildman–Crippen MR) is 62.2 cm³/mol. The second-order valence-electron chi connectivity index (χ2n) is 4.57. The van der Waals surface area contributed by atoms with Crippen LogP contribution in [-0.2, 0) is 17.8 Å². The van der Waals surface area contributed by atoms with Gasteiger partial charge >= 0.3 is 5.97 Å². The molecule has 4 nitrogen and oxygen atoms in total. The summed E-state index contributed by atoms with van der Waals surface area (Å²) in [5.74, 6) is -0.602. The van der Waals surface area contributed by atoms with E-state index in [0.29, 0.717) is 18.8 Å². The lowest BCUT2D eigenvalue weighted by Crippen LogP contribution is -2.18. The Morgan fingerprint density at radius 3 is 2.69 bits per heavy atom. The van der Waals surface area contributed by atoms with Gasteiger partial charge in [-0.2, -0.15) is 5.10 Å². The Morgan fingerprint density at radius 1 is 1.56 bits per heavy atom. The number of aryl methyl sites for hydroxylation is 1. The number of aromatic nitrogens is 2. The number of nitrogens with zero attached hydrogens (tertiary/aromatic N) is 2. The second-order valence-corrected chi connectivity index (χ2v) is 4.57. The first-order valence-electron chi connectivity index (χ1n) is 5.77. The molecule has 0 bridgehead atoms.